The highest BCUT2D eigenvalue weighted by Gasteiger charge is 2.30. The zero-order valence-corrected chi connectivity index (χ0v) is 15.0. The Kier molecular flexibility index (Phi) is 4.77. The fourth-order valence-electron chi connectivity index (χ4n) is 2.29. The van der Waals surface area contributed by atoms with Gasteiger partial charge in [-0.1, -0.05) is 20.8 Å². The van der Waals surface area contributed by atoms with Gasteiger partial charge in [-0.2, -0.15) is 0 Å². The summed E-state index contributed by atoms with van der Waals surface area (Å²) in [5.41, 5.74) is -0.00346. The summed E-state index contributed by atoms with van der Waals surface area (Å²) >= 11 is 1.56. The molecule has 22 heavy (non-hydrogen) atoms. The molecule has 0 saturated carbocycles. The van der Waals surface area contributed by atoms with Crippen LogP contribution in [0.2, 0.25) is 0 Å². The Bertz CT molecular complexity index is 684. The first-order valence-corrected chi connectivity index (χ1v) is 9.88. The van der Waals surface area contributed by atoms with Crippen molar-refractivity contribution in [2.45, 2.75) is 39.2 Å². The van der Waals surface area contributed by atoms with Crippen LogP contribution in [0.3, 0.4) is 0 Å². The van der Waals surface area contributed by atoms with E-state index in [4.69, 9.17) is 0 Å². The van der Waals surface area contributed by atoms with Crippen LogP contribution < -0.4 is 0 Å². The Hall–Kier alpha value is -1.21. The first-order chi connectivity index (χ1) is 10.1. The third kappa shape index (κ3) is 4.16. The molecular weight excluding hydrogens is 320 g/mol. The molecule has 0 N–H and O–H groups in total. The molecule has 7 heteroatoms. The quantitative estimate of drug-likeness (QED) is 0.772. The minimum absolute atomic E-state index is 0.00346. The summed E-state index contributed by atoms with van der Waals surface area (Å²) in [6.07, 6.45) is 5.03. The maximum atomic E-state index is 12.2. The normalized spacial score (nSPS) is 22.2. The summed E-state index contributed by atoms with van der Waals surface area (Å²) in [5, 5.41) is 1.03. The molecule has 0 aliphatic carbocycles. The first-order valence-electron chi connectivity index (χ1n) is 7.24. The number of hydrogen-bond donors (Lipinski definition) is 0. The van der Waals surface area contributed by atoms with Gasteiger partial charge in [0, 0.05) is 35.2 Å². The molecule has 0 bridgehead atoms. The average Bonchev–Trinajstić information content (AvgIpc) is 2.83. The summed E-state index contributed by atoms with van der Waals surface area (Å²) in [4.78, 5) is 19.1. The first kappa shape index (κ1) is 17.1. The number of carbonyl (C=O) groups excluding carboxylic acids is 1. The van der Waals surface area contributed by atoms with Gasteiger partial charge < -0.3 is 4.90 Å². The second-order valence-electron chi connectivity index (χ2n) is 6.65. The van der Waals surface area contributed by atoms with Crippen molar-refractivity contribution in [1.82, 2.24) is 9.88 Å². The van der Waals surface area contributed by atoms with Gasteiger partial charge in [-0.05, 0) is 13.0 Å². The van der Waals surface area contributed by atoms with Crippen molar-refractivity contribution in [2.75, 3.05) is 18.1 Å². The van der Waals surface area contributed by atoms with Gasteiger partial charge in [0.05, 0.1) is 16.5 Å². The highest BCUT2D eigenvalue weighted by molar-refractivity contribution is 7.91. The van der Waals surface area contributed by atoms with Crippen molar-refractivity contribution >= 4 is 33.2 Å². The van der Waals surface area contributed by atoms with Gasteiger partial charge in [0.25, 0.3) is 0 Å². The topological polar surface area (TPSA) is 67.3 Å². The molecule has 0 aromatic carbocycles. The van der Waals surface area contributed by atoms with Crippen LogP contribution >= 0.6 is 11.3 Å². The van der Waals surface area contributed by atoms with Crippen molar-refractivity contribution in [1.29, 1.82) is 0 Å². The molecule has 1 aromatic rings. The summed E-state index contributed by atoms with van der Waals surface area (Å²) in [6.45, 7) is 8.33. The molecule has 122 valence electrons. The molecule has 1 aromatic heterocycles. The second kappa shape index (κ2) is 6.12. The maximum absolute atomic E-state index is 12.2. The maximum Gasteiger partial charge on any atom is 0.246 e. The van der Waals surface area contributed by atoms with E-state index in [-0.39, 0.29) is 35.4 Å². The van der Waals surface area contributed by atoms with Crippen LogP contribution in [0, 0.1) is 0 Å². The van der Waals surface area contributed by atoms with Gasteiger partial charge >= 0.3 is 0 Å². The molecule has 0 spiro atoms. The van der Waals surface area contributed by atoms with E-state index in [1.807, 2.05) is 0 Å². The zero-order valence-electron chi connectivity index (χ0n) is 13.4. The lowest BCUT2D eigenvalue weighted by molar-refractivity contribution is -0.127. The Morgan fingerprint density at radius 3 is 2.68 bits per heavy atom. The van der Waals surface area contributed by atoms with Crippen LogP contribution in [0.4, 0.5) is 0 Å². The third-order valence-corrected chi connectivity index (χ3v) is 6.69. The van der Waals surface area contributed by atoms with E-state index < -0.39 is 9.84 Å². The van der Waals surface area contributed by atoms with E-state index >= 15 is 0 Å². The lowest BCUT2D eigenvalue weighted by Gasteiger charge is -2.32. The second-order valence-corrected chi connectivity index (χ2v) is 9.94. The lowest BCUT2D eigenvalue weighted by Crippen LogP contribution is -2.49. The number of hydrogen-bond acceptors (Lipinski definition) is 5. The number of carbonyl (C=O) groups is 1. The zero-order chi connectivity index (χ0) is 16.5. The molecule has 1 aliphatic rings. The minimum atomic E-state index is -3.00. The molecule has 2 heterocycles. The van der Waals surface area contributed by atoms with Crippen molar-refractivity contribution < 1.29 is 13.2 Å². The standard InChI is InChI=1S/C15H22N2O3S2/c1-11-10-22(19,20)8-7-17(11)13(18)6-5-12-9-16-14(21-12)15(2,3)4/h5-6,9,11H,7-8,10H2,1-4H3/b6-5+/t11-/m1/s1. The van der Waals surface area contributed by atoms with Crippen LogP contribution in [-0.2, 0) is 20.0 Å². The lowest BCUT2D eigenvalue weighted by atomic mass is 9.98. The van der Waals surface area contributed by atoms with Crippen LogP contribution in [0.5, 0.6) is 0 Å². The highest BCUT2D eigenvalue weighted by atomic mass is 32.2. The average molecular weight is 342 g/mol. The molecule has 1 atom stereocenters. The van der Waals surface area contributed by atoms with Gasteiger partial charge in [-0.15, -0.1) is 11.3 Å². The van der Waals surface area contributed by atoms with Crippen molar-refractivity contribution in [3.05, 3.63) is 22.2 Å². The molecule has 1 fully saturated rings. The minimum Gasteiger partial charge on any atom is -0.334 e. The Morgan fingerprint density at radius 1 is 1.45 bits per heavy atom. The summed E-state index contributed by atoms with van der Waals surface area (Å²) in [7, 11) is -3.00. The van der Waals surface area contributed by atoms with E-state index in [0.717, 1.165) is 9.88 Å². The monoisotopic (exact) mass is 342 g/mol. The van der Waals surface area contributed by atoms with Gasteiger partial charge in [0.1, 0.15) is 0 Å². The predicted molar refractivity (Wildman–Crippen MR) is 89.7 cm³/mol. The number of thiazole rings is 1. The molecule has 2 rings (SSSR count). The smallest absolute Gasteiger partial charge is 0.246 e. The number of sulfone groups is 1. The van der Waals surface area contributed by atoms with Crippen molar-refractivity contribution in [3.8, 4) is 0 Å². The number of nitrogens with zero attached hydrogens (tertiary/aromatic N) is 2. The van der Waals surface area contributed by atoms with E-state index in [9.17, 15) is 13.2 Å². The largest absolute Gasteiger partial charge is 0.334 e. The number of rotatable bonds is 2. The van der Waals surface area contributed by atoms with E-state index in [1.54, 1.807) is 35.4 Å². The molecule has 1 saturated heterocycles. The fraction of sp³-hybridized carbons (Fsp3) is 0.600. The van der Waals surface area contributed by atoms with Crippen molar-refractivity contribution in [3.63, 3.8) is 0 Å². The molecule has 0 unspecified atom stereocenters. The highest BCUT2D eigenvalue weighted by Crippen LogP contribution is 2.27. The third-order valence-electron chi connectivity index (χ3n) is 3.51. The molecule has 5 nitrogen and oxygen atoms in total. The van der Waals surface area contributed by atoms with Crippen LogP contribution in [0.25, 0.3) is 6.08 Å². The summed E-state index contributed by atoms with van der Waals surface area (Å²) < 4.78 is 23.1. The molecule has 1 aliphatic heterocycles. The van der Waals surface area contributed by atoms with Crippen LogP contribution in [-0.4, -0.2) is 48.3 Å². The predicted octanol–water partition coefficient (Wildman–Crippen LogP) is 2.10. The molecule has 0 radical (unpaired) electrons. The van der Waals surface area contributed by atoms with E-state index in [1.165, 1.54) is 6.08 Å². The fourth-order valence-corrected chi connectivity index (χ4v) is 4.72. The van der Waals surface area contributed by atoms with E-state index in [2.05, 4.69) is 25.8 Å². The van der Waals surface area contributed by atoms with Crippen LogP contribution in [0.15, 0.2) is 12.3 Å². The Balaban J connectivity index is 2.04. The van der Waals surface area contributed by atoms with Crippen molar-refractivity contribution in [2.24, 2.45) is 0 Å². The molecule has 1 amide bonds. The molecular formula is C15H22N2O3S2. The van der Waals surface area contributed by atoms with Gasteiger partial charge in [-0.25, -0.2) is 13.4 Å². The summed E-state index contributed by atoms with van der Waals surface area (Å²) in [5.74, 6) is -0.0550. The van der Waals surface area contributed by atoms with E-state index in [0.29, 0.717) is 0 Å². The number of amides is 1. The van der Waals surface area contributed by atoms with Crippen LogP contribution in [0.1, 0.15) is 37.6 Å². The van der Waals surface area contributed by atoms with Gasteiger partial charge in [-0.3, -0.25) is 4.79 Å². The SMILES string of the molecule is C[C@@H]1CS(=O)(=O)CCN1C(=O)/C=C/c1cnc(C(C)(C)C)s1. The Labute approximate surface area is 136 Å². The number of aromatic nitrogens is 1. The van der Waals surface area contributed by atoms with Gasteiger partial charge in [0.2, 0.25) is 5.91 Å². The Morgan fingerprint density at radius 2 is 2.14 bits per heavy atom. The van der Waals surface area contributed by atoms with Gasteiger partial charge in [0.15, 0.2) is 9.84 Å². The summed E-state index contributed by atoms with van der Waals surface area (Å²) in [6, 6.07) is -0.275.